The second-order valence-corrected chi connectivity index (χ2v) is 5.80. The molecule has 2 rings (SSSR count). The molecule has 0 bridgehead atoms. The van der Waals surface area contributed by atoms with E-state index in [0.29, 0.717) is 0 Å². The summed E-state index contributed by atoms with van der Waals surface area (Å²) in [6.07, 6.45) is 4.16. The zero-order valence-electron chi connectivity index (χ0n) is 12.1. The molecule has 1 aliphatic rings. The van der Waals surface area contributed by atoms with E-state index in [0.717, 1.165) is 31.4 Å². The lowest BCUT2D eigenvalue weighted by Crippen LogP contribution is -2.44. The van der Waals surface area contributed by atoms with Crippen LogP contribution in [-0.2, 0) is 4.79 Å². The Balaban J connectivity index is 2.18. The number of carbonyl (C=O) groups is 1. The molecule has 0 spiro atoms. The van der Waals surface area contributed by atoms with E-state index in [-0.39, 0.29) is 17.9 Å². The number of rotatable bonds is 2. The Morgan fingerprint density at radius 3 is 2.32 bits per heavy atom. The van der Waals surface area contributed by atoms with Gasteiger partial charge in [-0.3, -0.25) is 4.79 Å². The Labute approximate surface area is 115 Å². The van der Waals surface area contributed by atoms with E-state index in [1.807, 2.05) is 7.05 Å². The van der Waals surface area contributed by atoms with E-state index in [1.54, 1.807) is 4.90 Å². The van der Waals surface area contributed by atoms with Gasteiger partial charge in [0, 0.05) is 18.8 Å². The average Bonchev–Trinajstić information content (AvgIpc) is 2.36. The first-order chi connectivity index (χ1) is 8.99. The van der Waals surface area contributed by atoms with E-state index < -0.39 is 0 Å². The molecule has 1 aromatic carbocycles. The van der Waals surface area contributed by atoms with Crippen LogP contribution in [0.4, 0.5) is 5.69 Å². The van der Waals surface area contributed by atoms with Gasteiger partial charge in [0.1, 0.15) is 0 Å². The van der Waals surface area contributed by atoms with Crippen molar-refractivity contribution in [1.82, 2.24) is 0 Å². The molecule has 104 valence electrons. The van der Waals surface area contributed by atoms with Crippen molar-refractivity contribution in [2.75, 3.05) is 11.9 Å². The van der Waals surface area contributed by atoms with Gasteiger partial charge in [0.15, 0.2) is 0 Å². The van der Waals surface area contributed by atoms with Gasteiger partial charge in [0.05, 0.1) is 5.92 Å². The van der Waals surface area contributed by atoms with Gasteiger partial charge in [-0.15, -0.1) is 0 Å². The number of nitrogens with zero attached hydrogens (tertiary/aromatic N) is 1. The number of anilines is 1. The maximum atomic E-state index is 12.6. The topological polar surface area (TPSA) is 46.3 Å². The Kier molecular flexibility index (Phi) is 4.25. The highest BCUT2D eigenvalue weighted by Gasteiger charge is 2.30. The van der Waals surface area contributed by atoms with E-state index in [2.05, 4.69) is 32.0 Å². The maximum Gasteiger partial charge on any atom is 0.231 e. The summed E-state index contributed by atoms with van der Waals surface area (Å²) in [5.74, 6) is 0.150. The van der Waals surface area contributed by atoms with Crippen LogP contribution in [-0.4, -0.2) is 19.0 Å². The molecule has 0 radical (unpaired) electrons. The minimum atomic E-state index is -0.0143. The van der Waals surface area contributed by atoms with Gasteiger partial charge in [0.2, 0.25) is 5.91 Å². The van der Waals surface area contributed by atoms with Crippen LogP contribution < -0.4 is 10.6 Å². The molecule has 0 aliphatic heterocycles. The first-order valence-electron chi connectivity index (χ1n) is 7.10. The molecule has 1 aromatic rings. The van der Waals surface area contributed by atoms with Crippen LogP contribution in [0.2, 0.25) is 0 Å². The lowest BCUT2D eigenvalue weighted by molar-refractivity contribution is -0.123. The summed E-state index contributed by atoms with van der Waals surface area (Å²) in [6, 6.07) is 6.25. The molecule has 19 heavy (non-hydrogen) atoms. The monoisotopic (exact) mass is 260 g/mol. The number of hydrogen-bond acceptors (Lipinski definition) is 2. The molecule has 1 aliphatic carbocycles. The third-order valence-electron chi connectivity index (χ3n) is 4.06. The largest absolute Gasteiger partial charge is 0.327 e. The molecule has 2 atom stereocenters. The van der Waals surface area contributed by atoms with Gasteiger partial charge >= 0.3 is 0 Å². The van der Waals surface area contributed by atoms with Crippen molar-refractivity contribution in [1.29, 1.82) is 0 Å². The minimum absolute atomic E-state index is 0.0143. The summed E-state index contributed by atoms with van der Waals surface area (Å²) in [4.78, 5) is 14.4. The smallest absolute Gasteiger partial charge is 0.231 e. The van der Waals surface area contributed by atoms with Crippen LogP contribution >= 0.6 is 0 Å². The molecule has 3 heteroatoms. The van der Waals surface area contributed by atoms with Gasteiger partial charge in [0.25, 0.3) is 0 Å². The highest BCUT2D eigenvalue weighted by molar-refractivity contribution is 5.95. The average molecular weight is 260 g/mol. The molecule has 3 nitrogen and oxygen atoms in total. The van der Waals surface area contributed by atoms with Crippen molar-refractivity contribution in [2.45, 2.75) is 45.6 Å². The molecular weight excluding hydrogens is 236 g/mol. The molecule has 0 aromatic heterocycles. The number of hydrogen-bond donors (Lipinski definition) is 1. The summed E-state index contributed by atoms with van der Waals surface area (Å²) < 4.78 is 0. The van der Waals surface area contributed by atoms with E-state index in [9.17, 15) is 4.79 Å². The second-order valence-electron chi connectivity index (χ2n) is 5.80. The van der Waals surface area contributed by atoms with Crippen LogP contribution in [0.25, 0.3) is 0 Å². The predicted octanol–water partition coefficient (Wildman–Crippen LogP) is 2.78. The van der Waals surface area contributed by atoms with Crippen LogP contribution in [0.1, 0.15) is 36.8 Å². The van der Waals surface area contributed by atoms with Gasteiger partial charge in [-0.25, -0.2) is 0 Å². The van der Waals surface area contributed by atoms with Gasteiger partial charge in [-0.1, -0.05) is 18.9 Å². The fraction of sp³-hybridized carbons (Fsp3) is 0.562. The number of benzene rings is 1. The van der Waals surface area contributed by atoms with E-state index in [4.69, 9.17) is 5.73 Å². The molecule has 1 amide bonds. The number of nitrogens with two attached hydrogens (primary N) is 1. The highest BCUT2D eigenvalue weighted by Crippen LogP contribution is 2.27. The number of amides is 1. The van der Waals surface area contributed by atoms with Crippen LogP contribution in [0.15, 0.2) is 18.2 Å². The first-order valence-corrected chi connectivity index (χ1v) is 7.10. The summed E-state index contributed by atoms with van der Waals surface area (Å²) in [6.45, 7) is 4.11. The van der Waals surface area contributed by atoms with Crippen molar-refractivity contribution in [2.24, 2.45) is 11.7 Å². The maximum absolute atomic E-state index is 12.6. The minimum Gasteiger partial charge on any atom is -0.327 e. The van der Waals surface area contributed by atoms with Crippen molar-refractivity contribution in [3.63, 3.8) is 0 Å². The Morgan fingerprint density at radius 1 is 1.16 bits per heavy atom. The summed E-state index contributed by atoms with van der Waals surface area (Å²) in [5, 5.41) is 0. The lowest BCUT2D eigenvalue weighted by atomic mass is 9.84. The standard InChI is InChI=1S/C16H24N2O/c1-11-8-12(2)10-13(9-11)18(3)16(19)14-6-4-5-7-15(14)17/h8-10,14-15H,4-7,17H2,1-3H3. The molecule has 0 saturated heterocycles. The zero-order valence-corrected chi connectivity index (χ0v) is 12.1. The summed E-state index contributed by atoms with van der Waals surface area (Å²) >= 11 is 0. The van der Waals surface area contributed by atoms with Gasteiger partial charge < -0.3 is 10.6 Å². The van der Waals surface area contributed by atoms with E-state index in [1.165, 1.54) is 11.1 Å². The Morgan fingerprint density at radius 2 is 1.74 bits per heavy atom. The van der Waals surface area contributed by atoms with Crippen LogP contribution in [0, 0.1) is 19.8 Å². The number of carbonyl (C=O) groups excluding carboxylic acids is 1. The molecule has 0 heterocycles. The van der Waals surface area contributed by atoms with Crippen molar-refractivity contribution in [3.8, 4) is 0 Å². The fourth-order valence-electron chi connectivity index (χ4n) is 2.99. The van der Waals surface area contributed by atoms with Gasteiger partial charge in [-0.2, -0.15) is 0 Å². The fourth-order valence-corrected chi connectivity index (χ4v) is 2.99. The predicted molar refractivity (Wildman–Crippen MR) is 79.3 cm³/mol. The SMILES string of the molecule is Cc1cc(C)cc(N(C)C(=O)C2CCCCC2N)c1. The van der Waals surface area contributed by atoms with Crippen molar-refractivity contribution < 1.29 is 4.79 Å². The Bertz CT molecular complexity index is 450. The normalized spacial score (nSPS) is 23.2. The third kappa shape index (κ3) is 3.16. The quantitative estimate of drug-likeness (QED) is 0.888. The number of aryl methyl sites for hydroxylation is 2. The van der Waals surface area contributed by atoms with Crippen molar-refractivity contribution in [3.05, 3.63) is 29.3 Å². The van der Waals surface area contributed by atoms with E-state index >= 15 is 0 Å². The lowest BCUT2D eigenvalue weighted by Gasteiger charge is -2.31. The zero-order chi connectivity index (χ0) is 14.0. The summed E-state index contributed by atoms with van der Waals surface area (Å²) in [5.41, 5.74) is 9.45. The second kappa shape index (κ2) is 5.74. The highest BCUT2D eigenvalue weighted by atomic mass is 16.2. The molecule has 2 N–H and O–H groups in total. The molecule has 2 unspecified atom stereocenters. The first kappa shape index (κ1) is 14.1. The van der Waals surface area contributed by atoms with Crippen LogP contribution in [0.3, 0.4) is 0 Å². The molecule has 1 fully saturated rings. The third-order valence-corrected chi connectivity index (χ3v) is 4.06. The Hall–Kier alpha value is -1.35. The van der Waals surface area contributed by atoms with Crippen molar-refractivity contribution >= 4 is 11.6 Å². The molecule has 1 saturated carbocycles. The summed E-state index contributed by atoms with van der Waals surface area (Å²) in [7, 11) is 1.86. The van der Waals surface area contributed by atoms with Crippen LogP contribution in [0.5, 0.6) is 0 Å². The molecular formula is C16H24N2O. The van der Waals surface area contributed by atoms with Gasteiger partial charge in [-0.05, 0) is 49.9 Å².